The summed E-state index contributed by atoms with van der Waals surface area (Å²) in [6.45, 7) is -0.0644. The lowest BCUT2D eigenvalue weighted by Crippen LogP contribution is -2.17. The van der Waals surface area contributed by atoms with Crippen LogP contribution in [0.1, 0.15) is 12.0 Å². The van der Waals surface area contributed by atoms with Crippen LogP contribution in [0.15, 0.2) is 30.3 Å². The predicted octanol–water partition coefficient (Wildman–Crippen LogP) is 4.72. The number of hydrogen-bond donors (Lipinski definition) is 2. The summed E-state index contributed by atoms with van der Waals surface area (Å²) in [4.78, 5) is 22.3. The number of nitrogens with zero attached hydrogens (tertiary/aromatic N) is 1. The highest BCUT2D eigenvalue weighted by Crippen LogP contribution is 2.36. The summed E-state index contributed by atoms with van der Waals surface area (Å²) in [5.41, 5.74) is -1.72. The van der Waals surface area contributed by atoms with Crippen LogP contribution in [0.3, 0.4) is 0 Å². The lowest BCUT2D eigenvalue weighted by molar-refractivity contribution is -0.384. The van der Waals surface area contributed by atoms with Gasteiger partial charge in [-0.25, -0.2) is 0 Å². The lowest BCUT2D eigenvalue weighted by atomic mass is 10.1. The molecule has 0 fully saturated rings. The maximum Gasteiger partial charge on any atom is 0.416 e. The number of nitro groups is 1. The van der Waals surface area contributed by atoms with Crippen LogP contribution < -0.4 is 20.1 Å². The van der Waals surface area contributed by atoms with Crippen molar-refractivity contribution >= 4 is 34.6 Å². The van der Waals surface area contributed by atoms with Crippen molar-refractivity contribution in [2.45, 2.75) is 12.6 Å². The second-order valence-corrected chi connectivity index (χ2v) is 6.31. The summed E-state index contributed by atoms with van der Waals surface area (Å²) in [5.74, 6) is 0.131. The SMILES string of the molecule is COc1cc(NC(=O)CCNc2ccc(C(F)(F)F)cc2[N+](=O)[O-])c(OC)cc1Cl. The fraction of sp³-hybridized carbons (Fsp3) is 0.278. The van der Waals surface area contributed by atoms with Gasteiger partial charge in [-0.1, -0.05) is 11.6 Å². The number of carbonyl (C=O) groups excluding carboxylic acids is 1. The molecule has 0 unspecified atom stereocenters. The van der Waals surface area contributed by atoms with E-state index in [0.29, 0.717) is 23.3 Å². The number of nitrogens with one attached hydrogen (secondary N) is 2. The highest BCUT2D eigenvalue weighted by Gasteiger charge is 2.33. The van der Waals surface area contributed by atoms with Crippen molar-refractivity contribution in [2.24, 2.45) is 0 Å². The number of nitro benzene ring substituents is 1. The van der Waals surface area contributed by atoms with Crippen LogP contribution >= 0.6 is 11.6 Å². The van der Waals surface area contributed by atoms with Crippen molar-refractivity contribution in [3.8, 4) is 11.5 Å². The third-order valence-electron chi connectivity index (χ3n) is 3.94. The summed E-state index contributed by atoms with van der Waals surface area (Å²) in [6, 6.07) is 5.03. The minimum atomic E-state index is -4.71. The number of rotatable bonds is 8. The van der Waals surface area contributed by atoms with Crippen LogP contribution in [0.4, 0.5) is 30.2 Å². The molecule has 0 aliphatic carbocycles. The number of halogens is 4. The zero-order chi connectivity index (χ0) is 22.5. The van der Waals surface area contributed by atoms with E-state index in [2.05, 4.69) is 10.6 Å². The Balaban J connectivity index is 2.06. The maximum absolute atomic E-state index is 12.7. The molecule has 1 amide bonds. The summed E-state index contributed by atoms with van der Waals surface area (Å²) in [7, 11) is 2.79. The van der Waals surface area contributed by atoms with Gasteiger partial charge in [-0.3, -0.25) is 14.9 Å². The third kappa shape index (κ3) is 5.66. The van der Waals surface area contributed by atoms with Crippen molar-refractivity contribution < 1.29 is 32.4 Å². The third-order valence-corrected chi connectivity index (χ3v) is 4.23. The Labute approximate surface area is 174 Å². The molecule has 30 heavy (non-hydrogen) atoms. The number of amides is 1. The second-order valence-electron chi connectivity index (χ2n) is 5.90. The molecule has 2 aromatic carbocycles. The molecular formula is C18H17ClF3N3O5. The van der Waals surface area contributed by atoms with E-state index in [1.165, 1.54) is 26.4 Å². The molecule has 0 aliphatic rings. The number of hydrogen-bond acceptors (Lipinski definition) is 6. The molecule has 0 radical (unpaired) electrons. The summed E-state index contributed by atoms with van der Waals surface area (Å²) < 4.78 is 48.5. The van der Waals surface area contributed by atoms with Gasteiger partial charge in [0.15, 0.2) is 0 Å². The second kappa shape index (κ2) is 9.53. The van der Waals surface area contributed by atoms with E-state index in [-0.39, 0.29) is 23.7 Å². The molecule has 12 heteroatoms. The van der Waals surface area contributed by atoms with Crippen molar-refractivity contribution in [3.05, 3.63) is 51.0 Å². The predicted molar refractivity (Wildman–Crippen MR) is 104 cm³/mol. The molecule has 0 saturated heterocycles. The number of benzene rings is 2. The minimum Gasteiger partial charge on any atom is -0.495 e. The van der Waals surface area contributed by atoms with Crippen LogP contribution in [0.5, 0.6) is 11.5 Å². The number of ether oxygens (including phenoxy) is 2. The maximum atomic E-state index is 12.7. The van der Waals surface area contributed by atoms with Crippen molar-refractivity contribution in [1.82, 2.24) is 0 Å². The molecule has 2 rings (SSSR count). The van der Waals surface area contributed by atoms with Gasteiger partial charge in [0.1, 0.15) is 17.2 Å². The number of alkyl halides is 3. The molecule has 0 heterocycles. The topological polar surface area (TPSA) is 103 Å². The molecule has 0 spiro atoms. The van der Waals surface area contributed by atoms with Crippen LogP contribution in [-0.2, 0) is 11.0 Å². The average Bonchev–Trinajstić information content (AvgIpc) is 2.68. The van der Waals surface area contributed by atoms with Crippen LogP contribution in [-0.4, -0.2) is 31.6 Å². The van der Waals surface area contributed by atoms with Gasteiger partial charge in [0.2, 0.25) is 5.91 Å². The van der Waals surface area contributed by atoms with Crippen molar-refractivity contribution in [3.63, 3.8) is 0 Å². The Morgan fingerprint density at radius 1 is 1.13 bits per heavy atom. The summed E-state index contributed by atoms with van der Waals surface area (Å²) >= 11 is 5.99. The Morgan fingerprint density at radius 2 is 1.80 bits per heavy atom. The summed E-state index contributed by atoms with van der Waals surface area (Å²) in [5, 5.41) is 16.6. The molecule has 8 nitrogen and oxygen atoms in total. The monoisotopic (exact) mass is 447 g/mol. The summed E-state index contributed by atoms with van der Waals surface area (Å²) in [6.07, 6.45) is -4.84. The number of methoxy groups -OCH3 is 2. The largest absolute Gasteiger partial charge is 0.495 e. The van der Waals surface area contributed by atoms with Gasteiger partial charge in [0.05, 0.1) is 35.4 Å². The molecule has 162 valence electrons. The molecule has 0 saturated carbocycles. The van der Waals surface area contributed by atoms with Gasteiger partial charge in [-0.05, 0) is 12.1 Å². The first-order valence-electron chi connectivity index (χ1n) is 8.37. The van der Waals surface area contributed by atoms with Crippen LogP contribution in [0.25, 0.3) is 0 Å². The average molecular weight is 448 g/mol. The molecule has 2 aromatic rings. The highest BCUT2D eigenvalue weighted by molar-refractivity contribution is 6.32. The smallest absolute Gasteiger partial charge is 0.416 e. The first kappa shape index (κ1) is 23.1. The zero-order valence-electron chi connectivity index (χ0n) is 15.8. The van der Waals surface area contributed by atoms with Gasteiger partial charge >= 0.3 is 6.18 Å². The van der Waals surface area contributed by atoms with E-state index < -0.39 is 28.3 Å². The molecule has 0 bridgehead atoms. The van der Waals surface area contributed by atoms with Gasteiger partial charge in [0.25, 0.3) is 5.69 Å². The fourth-order valence-electron chi connectivity index (χ4n) is 2.49. The van der Waals surface area contributed by atoms with Gasteiger partial charge < -0.3 is 20.1 Å². The van der Waals surface area contributed by atoms with Crippen LogP contribution in [0, 0.1) is 10.1 Å². The molecule has 0 aliphatic heterocycles. The van der Waals surface area contributed by atoms with E-state index in [0.717, 1.165) is 12.1 Å². The van der Waals surface area contributed by atoms with E-state index >= 15 is 0 Å². The zero-order valence-corrected chi connectivity index (χ0v) is 16.6. The number of anilines is 2. The van der Waals surface area contributed by atoms with E-state index in [1.54, 1.807) is 0 Å². The normalized spacial score (nSPS) is 11.0. The first-order valence-corrected chi connectivity index (χ1v) is 8.75. The molecule has 2 N–H and O–H groups in total. The Morgan fingerprint density at radius 3 is 2.37 bits per heavy atom. The Bertz CT molecular complexity index is 953. The molecule has 0 atom stereocenters. The minimum absolute atomic E-state index is 0.0644. The quantitative estimate of drug-likeness (QED) is 0.448. The molecule has 0 aromatic heterocycles. The van der Waals surface area contributed by atoms with Crippen LogP contribution in [0.2, 0.25) is 5.02 Å². The van der Waals surface area contributed by atoms with Gasteiger partial charge in [0, 0.05) is 31.2 Å². The van der Waals surface area contributed by atoms with Crippen molar-refractivity contribution in [1.29, 1.82) is 0 Å². The Hall–Kier alpha value is -3.21. The van der Waals surface area contributed by atoms with E-state index in [9.17, 15) is 28.1 Å². The van der Waals surface area contributed by atoms with Gasteiger partial charge in [-0.15, -0.1) is 0 Å². The Kier molecular flexibility index (Phi) is 7.33. The van der Waals surface area contributed by atoms with E-state index in [4.69, 9.17) is 21.1 Å². The first-order chi connectivity index (χ1) is 14.1. The highest BCUT2D eigenvalue weighted by atomic mass is 35.5. The fourth-order valence-corrected chi connectivity index (χ4v) is 2.72. The van der Waals surface area contributed by atoms with Gasteiger partial charge in [-0.2, -0.15) is 13.2 Å². The lowest BCUT2D eigenvalue weighted by Gasteiger charge is -2.14. The van der Waals surface area contributed by atoms with E-state index in [1.807, 2.05) is 0 Å². The molecular weight excluding hydrogens is 431 g/mol. The number of carbonyl (C=O) groups is 1. The van der Waals surface area contributed by atoms with Crippen molar-refractivity contribution in [2.75, 3.05) is 31.4 Å². The standard InChI is InChI=1S/C18H17ClF3N3O5/c1-29-15-9-13(16(30-2)8-11(15)19)24-17(26)5-6-23-12-4-3-10(18(20,21)22)7-14(12)25(27)28/h3-4,7-9,23H,5-6H2,1-2H3,(H,24,26).